The molecule has 0 spiro atoms. The highest BCUT2D eigenvalue weighted by Crippen LogP contribution is 2.28. The molecule has 2 aromatic heterocycles. The second-order valence-electron chi connectivity index (χ2n) is 7.28. The molecule has 5 aromatic rings. The van der Waals surface area contributed by atoms with Gasteiger partial charge in [0.05, 0.1) is 29.7 Å². The number of anilines is 1. The first-order chi connectivity index (χ1) is 16.6. The van der Waals surface area contributed by atoms with Crippen molar-refractivity contribution in [1.29, 1.82) is 0 Å². The molecular weight excluding hydrogens is 437 g/mol. The van der Waals surface area contributed by atoms with Gasteiger partial charge in [-0.3, -0.25) is 4.79 Å². The van der Waals surface area contributed by atoms with Gasteiger partial charge in [-0.25, -0.2) is 13.8 Å². The van der Waals surface area contributed by atoms with E-state index in [1.54, 1.807) is 30.1 Å². The zero-order chi connectivity index (χ0) is 23.5. The maximum absolute atomic E-state index is 14.6. The second-order valence-corrected chi connectivity index (χ2v) is 7.28. The zero-order valence-electron chi connectivity index (χ0n) is 18.0. The van der Waals surface area contributed by atoms with Gasteiger partial charge in [0.1, 0.15) is 23.6 Å². The van der Waals surface area contributed by atoms with E-state index >= 15 is 0 Å². The van der Waals surface area contributed by atoms with Gasteiger partial charge < -0.3 is 10.1 Å². The summed E-state index contributed by atoms with van der Waals surface area (Å²) < 4.78 is 22.9. The molecular formula is C24H18FN7O2. The van der Waals surface area contributed by atoms with Gasteiger partial charge in [0.15, 0.2) is 0 Å². The van der Waals surface area contributed by atoms with Crippen LogP contribution in [0.15, 0.2) is 85.3 Å². The summed E-state index contributed by atoms with van der Waals surface area (Å²) in [6, 6.07) is 20.8. The number of nitrogens with one attached hydrogen (secondary N) is 1. The Bertz CT molecular complexity index is 1450. The average Bonchev–Trinajstić information content (AvgIpc) is 3.57. The number of benzene rings is 3. The normalized spacial score (nSPS) is 10.8. The van der Waals surface area contributed by atoms with E-state index in [0.29, 0.717) is 22.7 Å². The summed E-state index contributed by atoms with van der Waals surface area (Å²) in [5.41, 5.74) is 2.64. The molecule has 1 N–H and O–H groups in total. The number of carbonyl (C=O) groups excluding carboxylic acids is 1. The Morgan fingerprint density at radius 3 is 2.59 bits per heavy atom. The SMILES string of the molecule is COc1cccc(-c2nn(-c3ccccc3)cc2C(=O)Nc2cc(-n3cnnn3)ccc2F)c1. The molecule has 2 heterocycles. The third-order valence-corrected chi connectivity index (χ3v) is 5.13. The Morgan fingerprint density at radius 1 is 0.971 bits per heavy atom. The number of ether oxygens (including phenoxy) is 1. The lowest BCUT2D eigenvalue weighted by atomic mass is 10.1. The summed E-state index contributed by atoms with van der Waals surface area (Å²) in [6.45, 7) is 0. The minimum absolute atomic E-state index is 0.0120. The van der Waals surface area contributed by atoms with Gasteiger partial charge in [-0.05, 0) is 52.9 Å². The van der Waals surface area contributed by atoms with E-state index in [1.807, 2.05) is 42.5 Å². The molecule has 168 valence electrons. The standard InChI is InChI=1S/C24H18FN7O2/c1-34-19-9-5-6-16(12-19)23-20(14-31(28-23)17-7-3-2-4-8-17)24(33)27-22-13-18(10-11-21(22)25)32-15-26-29-30-32/h2-15H,1H3,(H,27,33). The van der Waals surface area contributed by atoms with Crippen molar-refractivity contribution in [2.24, 2.45) is 0 Å². The fourth-order valence-corrected chi connectivity index (χ4v) is 3.46. The monoisotopic (exact) mass is 455 g/mol. The molecule has 0 bridgehead atoms. The first kappa shape index (κ1) is 21.0. The van der Waals surface area contributed by atoms with Crippen molar-refractivity contribution in [3.05, 3.63) is 96.7 Å². The number of tetrazole rings is 1. The molecule has 0 unspecified atom stereocenters. The van der Waals surface area contributed by atoms with Crippen molar-refractivity contribution in [3.8, 4) is 28.4 Å². The summed E-state index contributed by atoms with van der Waals surface area (Å²) in [5, 5.41) is 18.3. The average molecular weight is 455 g/mol. The number of hydrogen-bond acceptors (Lipinski definition) is 6. The number of carbonyl (C=O) groups is 1. The van der Waals surface area contributed by atoms with Crippen LogP contribution in [0.25, 0.3) is 22.6 Å². The van der Waals surface area contributed by atoms with Gasteiger partial charge in [-0.2, -0.15) is 5.10 Å². The fourth-order valence-electron chi connectivity index (χ4n) is 3.46. The van der Waals surface area contributed by atoms with E-state index < -0.39 is 11.7 Å². The van der Waals surface area contributed by atoms with Crippen LogP contribution in [0.1, 0.15) is 10.4 Å². The molecule has 5 rings (SSSR count). The van der Waals surface area contributed by atoms with Crippen molar-refractivity contribution in [1.82, 2.24) is 30.0 Å². The fraction of sp³-hybridized carbons (Fsp3) is 0.0417. The second kappa shape index (κ2) is 8.94. The van der Waals surface area contributed by atoms with E-state index in [-0.39, 0.29) is 11.3 Å². The summed E-state index contributed by atoms with van der Waals surface area (Å²) in [7, 11) is 1.57. The van der Waals surface area contributed by atoms with Crippen molar-refractivity contribution >= 4 is 11.6 Å². The Kier molecular flexibility index (Phi) is 5.53. The molecule has 0 saturated carbocycles. The molecule has 1 amide bonds. The molecule has 0 aliphatic rings. The topological polar surface area (TPSA) is 99.8 Å². The van der Waals surface area contributed by atoms with Crippen LogP contribution in [-0.4, -0.2) is 43.0 Å². The molecule has 0 aliphatic heterocycles. The number of halogens is 1. The molecule has 10 heteroatoms. The first-order valence-electron chi connectivity index (χ1n) is 10.3. The minimum Gasteiger partial charge on any atom is -0.497 e. The summed E-state index contributed by atoms with van der Waals surface area (Å²) >= 11 is 0. The van der Waals surface area contributed by atoms with E-state index in [0.717, 1.165) is 5.69 Å². The lowest BCUT2D eigenvalue weighted by Crippen LogP contribution is -2.14. The molecule has 0 atom stereocenters. The number of nitrogens with zero attached hydrogens (tertiary/aromatic N) is 6. The predicted molar refractivity (Wildman–Crippen MR) is 123 cm³/mol. The van der Waals surface area contributed by atoms with Crippen LogP contribution in [0, 0.1) is 5.82 Å². The third kappa shape index (κ3) is 4.11. The van der Waals surface area contributed by atoms with E-state index in [1.165, 1.54) is 29.2 Å². The van der Waals surface area contributed by atoms with Gasteiger partial charge in [0.25, 0.3) is 5.91 Å². The molecule has 0 saturated heterocycles. The van der Waals surface area contributed by atoms with Crippen LogP contribution in [-0.2, 0) is 0 Å². The van der Waals surface area contributed by atoms with Gasteiger partial charge in [-0.15, -0.1) is 5.10 Å². The molecule has 0 fully saturated rings. The maximum Gasteiger partial charge on any atom is 0.259 e. The molecule has 34 heavy (non-hydrogen) atoms. The molecule has 9 nitrogen and oxygen atoms in total. The summed E-state index contributed by atoms with van der Waals surface area (Å²) in [6.07, 6.45) is 2.99. The lowest BCUT2D eigenvalue weighted by molar-refractivity contribution is 0.102. The number of amides is 1. The zero-order valence-corrected chi connectivity index (χ0v) is 18.0. The van der Waals surface area contributed by atoms with Crippen molar-refractivity contribution < 1.29 is 13.9 Å². The van der Waals surface area contributed by atoms with Gasteiger partial charge in [-0.1, -0.05) is 30.3 Å². The predicted octanol–water partition coefficient (Wildman–Crippen LogP) is 3.92. The Balaban J connectivity index is 1.55. The van der Waals surface area contributed by atoms with Crippen LogP contribution in [0.3, 0.4) is 0 Å². The molecule has 3 aromatic carbocycles. The van der Waals surface area contributed by atoms with Crippen LogP contribution in [0.4, 0.5) is 10.1 Å². The highest BCUT2D eigenvalue weighted by Gasteiger charge is 2.20. The summed E-state index contributed by atoms with van der Waals surface area (Å²) in [4.78, 5) is 13.3. The third-order valence-electron chi connectivity index (χ3n) is 5.13. The van der Waals surface area contributed by atoms with E-state index in [2.05, 4.69) is 25.9 Å². The van der Waals surface area contributed by atoms with Crippen molar-refractivity contribution in [3.63, 3.8) is 0 Å². The Labute approximate surface area is 193 Å². The maximum atomic E-state index is 14.6. The number of aromatic nitrogens is 6. The molecule has 0 radical (unpaired) electrons. The van der Waals surface area contributed by atoms with Gasteiger partial charge in [0.2, 0.25) is 0 Å². The highest BCUT2D eigenvalue weighted by atomic mass is 19.1. The van der Waals surface area contributed by atoms with Crippen molar-refractivity contribution in [2.45, 2.75) is 0 Å². The molecule has 0 aliphatic carbocycles. The minimum atomic E-state index is -0.594. The number of hydrogen-bond donors (Lipinski definition) is 1. The van der Waals surface area contributed by atoms with E-state index in [9.17, 15) is 9.18 Å². The van der Waals surface area contributed by atoms with Crippen LogP contribution in [0.2, 0.25) is 0 Å². The van der Waals surface area contributed by atoms with Gasteiger partial charge >= 0.3 is 0 Å². The van der Waals surface area contributed by atoms with Crippen molar-refractivity contribution in [2.75, 3.05) is 12.4 Å². The largest absolute Gasteiger partial charge is 0.497 e. The summed E-state index contributed by atoms with van der Waals surface area (Å²) in [5.74, 6) is -0.491. The number of para-hydroxylation sites is 1. The van der Waals surface area contributed by atoms with Crippen LogP contribution >= 0.6 is 0 Å². The first-order valence-corrected chi connectivity index (χ1v) is 10.3. The number of methoxy groups -OCH3 is 1. The Morgan fingerprint density at radius 2 is 1.82 bits per heavy atom. The Hall–Kier alpha value is -4.86. The number of rotatable bonds is 6. The quantitative estimate of drug-likeness (QED) is 0.417. The van der Waals surface area contributed by atoms with E-state index in [4.69, 9.17) is 4.74 Å². The smallest absolute Gasteiger partial charge is 0.259 e. The van der Waals surface area contributed by atoms with Crippen LogP contribution in [0.5, 0.6) is 5.75 Å². The van der Waals surface area contributed by atoms with Gasteiger partial charge in [0, 0.05) is 11.8 Å². The van der Waals surface area contributed by atoms with Crippen LogP contribution < -0.4 is 10.1 Å². The highest BCUT2D eigenvalue weighted by molar-refractivity contribution is 6.08. The lowest BCUT2D eigenvalue weighted by Gasteiger charge is -2.09.